The van der Waals surface area contributed by atoms with Crippen LogP contribution in [0.2, 0.25) is 0 Å². The molecule has 4 heterocycles. The number of para-hydroxylation sites is 1. The highest BCUT2D eigenvalue weighted by atomic mass is 19.3. The van der Waals surface area contributed by atoms with Gasteiger partial charge in [0.15, 0.2) is 5.82 Å². The van der Waals surface area contributed by atoms with Crippen molar-refractivity contribution in [3.8, 4) is 17.3 Å². The van der Waals surface area contributed by atoms with Crippen molar-refractivity contribution in [3.05, 3.63) is 48.0 Å². The fraction of sp³-hybridized carbons (Fsp3) is 0.360. The molecule has 1 fully saturated rings. The van der Waals surface area contributed by atoms with E-state index in [0.29, 0.717) is 54.6 Å². The zero-order valence-electron chi connectivity index (χ0n) is 18.6. The number of carbonyl (C=O) groups excluding carboxylic acids is 1. The first-order chi connectivity index (χ1) is 16.5. The van der Waals surface area contributed by atoms with Gasteiger partial charge in [-0.3, -0.25) is 4.79 Å². The molecular formula is C25H25F2N5O2. The second-order valence-electron chi connectivity index (χ2n) is 9.02. The van der Waals surface area contributed by atoms with E-state index >= 15 is 0 Å². The van der Waals surface area contributed by atoms with Crippen LogP contribution in [0.1, 0.15) is 23.2 Å². The molecule has 0 bridgehead atoms. The largest absolute Gasteiger partial charge is 0.489 e. The van der Waals surface area contributed by atoms with Crippen molar-refractivity contribution in [2.75, 3.05) is 19.7 Å². The molecule has 4 aromatic rings. The minimum Gasteiger partial charge on any atom is -0.489 e. The van der Waals surface area contributed by atoms with Gasteiger partial charge in [-0.1, -0.05) is 18.2 Å². The van der Waals surface area contributed by atoms with Crippen molar-refractivity contribution in [3.63, 3.8) is 0 Å². The van der Waals surface area contributed by atoms with E-state index in [9.17, 15) is 13.6 Å². The number of hydrogen-bond acceptors (Lipinski definition) is 4. The molecule has 2 aliphatic heterocycles. The molecule has 9 heteroatoms. The number of aromatic nitrogens is 3. The number of nitrogens with zero attached hydrogens (tertiary/aromatic N) is 4. The number of nitrogens with two attached hydrogens (primary N) is 1. The number of imidazole rings is 1. The first-order valence-electron chi connectivity index (χ1n) is 11.6. The summed E-state index contributed by atoms with van der Waals surface area (Å²) in [6.07, 6.45) is -0.705. The Labute approximate surface area is 194 Å². The van der Waals surface area contributed by atoms with Crippen LogP contribution in [0.4, 0.5) is 8.78 Å². The second-order valence-corrected chi connectivity index (χ2v) is 9.02. The summed E-state index contributed by atoms with van der Waals surface area (Å²) in [7, 11) is 0. The van der Waals surface area contributed by atoms with Crippen LogP contribution < -0.4 is 10.5 Å². The topological polar surface area (TPSA) is 78.3 Å². The van der Waals surface area contributed by atoms with Crippen molar-refractivity contribution in [2.24, 2.45) is 5.73 Å². The normalized spacial score (nSPS) is 18.1. The van der Waals surface area contributed by atoms with Gasteiger partial charge in [0.1, 0.15) is 17.9 Å². The van der Waals surface area contributed by atoms with Gasteiger partial charge in [-0.25, -0.2) is 13.8 Å². The Balaban J connectivity index is 1.49. The SMILES string of the molecule is N[C@@H]1CCCN(C(=O)c2cc3c4c(c2)nc(-c2cc5ccccc5n2CC(F)F)n4CCO3)C1. The molecule has 1 amide bonds. The number of rotatable bonds is 4. The zero-order valence-corrected chi connectivity index (χ0v) is 18.6. The smallest absolute Gasteiger partial charge is 0.256 e. The summed E-state index contributed by atoms with van der Waals surface area (Å²) in [6, 6.07) is 12.9. The molecule has 7 nitrogen and oxygen atoms in total. The lowest BCUT2D eigenvalue weighted by atomic mass is 10.0. The maximum atomic E-state index is 13.5. The Bertz CT molecular complexity index is 1410. The molecule has 2 N–H and O–H groups in total. The van der Waals surface area contributed by atoms with Crippen LogP contribution in [0.3, 0.4) is 0 Å². The molecule has 1 atom stereocenters. The van der Waals surface area contributed by atoms with Crippen molar-refractivity contribution in [2.45, 2.75) is 38.4 Å². The Morgan fingerprint density at radius 2 is 2.06 bits per heavy atom. The lowest BCUT2D eigenvalue weighted by molar-refractivity contribution is 0.0708. The number of alkyl halides is 2. The van der Waals surface area contributed by atoms with Crippen LogP contribution in [-0.2, 0) is 13.1 Å². The van der Waals surface area contributed by atoms with Crippen molar-refractivity contribution in [1.29, 1.82) is 0 Å². The number of piperidine rings is 1. The molecule has 34 heavy (non-hydrogen) atoms. The van der Waals surface area contributed by atoms with Gasteiger partial charge >= 0.3 is 0 Å². The van der Waals surface area contributed by atoms with E-state index in [1.165, 1.54) is 0 Å². The van der Waals surface area contributed by atoms with E-state index in [2.05, 4.69) is 0 Å². The third-order valence-electron chi connectivity index (χ3n) is 6.73. The average Bonchev–Trinajstić information content (AvgIpc) is 3.38. The highest BCUT2D eigenvalue weighted by Gasteiger charge is 2.28. The number of fused-ring (bicyclic) bond motifs is 1. The average molecular weight is 466 g/mol. The molecule has 1 saturated heterocycles. The monoisotopic (exact) mass is 465 g/mol. The quantitative estimate of drug-likeness (QED) is 0.496. The molecule has 0 aliphatic carbocycles. The van der Waals surface area contributed by atoms with Crippen LogP contribution in [0.25, 0.3) is 33.5 Å². The molecule has 0 spiro atoms. The molecule has 0 radical (unpaired) electrons. The minimum absolute atomic E-state index is 0.0152. The van der Waals surface area contributed by atoms with Gasteiger partial charge in [-0.15, -0.1) is 0 Å². The molecular weight excluding hydrogens is 440 g/mol. The van der Waals surface area contributed by atoms with E-state index < -0.39 is 13.0 Å². The van der Waals surface area contributed by atoms with Crippen LogP contribution in [0.5, 0.6) is 5.75 Å². The second kappa shape index (κ2) is 8.09. The Morgan fingerprint density at radius 3 is 2.88 bits per heavy atom. The Morgan fingerprint density at radius 1 is 1.21 bits per heavy atom. The summed E-state index contributed by atoms with van der Waals surface area (Å²) >= 11 is 0. The van der Waals surface area contributed by atoms with Gasteiger partial charge in [0.25, 0.3) is 12.3 Å². The number of benzene rings is 2. The maximum absolute atomic E-state index is 13.5. The third kappa shape index (κ3) is 3.42. The van der Waals surface area contributed by atoms with Crippen LogP contribution in [0, 0.1) is 0 Å². The van der Waals surface area contributed by atoms with Gasteiger partial charge in [-0.2, -0.15) is 0 Å². The zero-order chi connectivity index (χ0) is 23.4. The van der Waals surface area contributed by atoms with Crippen LogP contribution in [-0.4, -0.2) is 57.1 Å². The summed E-state index contributed by atoms with van der Waals surface area (Å²) in [5.41, 5.74) is 9.34. The maximum Gasteiger partial charge on any atom is 0.256 e. The molecule has 2 aromatic heterocycles. The predicted molar refractivity (Wildman–Crippen MR) is 125 cm³/mol. The van der Waals surface area contributed by atoms with Crippen molar-refractivity contribution in [1.82, 2.24) is 19.0 Å². The van der Waals surface area contributed by atoms with Crippen LogP contribution >= 0.6 is 0 Å². The first-order valence-corrected chi connectivity index (χ1v) is 11.6. The lowest BCUT2D eigenvalue weighted by Crippen LogP contribution is -2.45. The summed E-state index contributed by atoms with van der Waals surface area (Å²) in [4.78, 5) is 19.8. The highest BCUT2D eigenvalue weighted by molar-refractivity contribution is 6.00. The van der Waals surface area contributed by atoms with Gasteiger partial charge in [0, 0.05) is 35.6 Å². The fourth-order valence-electron chi connectivity index (χ4n) is 5.23. The predicted octanol–water partition coefficient (Wildman–Crippen LogP) is 3.88. The number of likely N-dealkylation sites (tertiary alicyclic amines) is 1. The van der Waals surface area contributed by atoms with Gasteiger partial charge in [0.2, 0.25) is 0 Å². The summed E-state index contributed by atoms with van der Waals surface area (Å²) < 4.78 is 36.6. The molecule has 0 unspecified atom stereocenters. The highest BCUT2D eigenvalue weighted by Crippen LogP contribution is 2.37. The Kier molecular flexibility index (Phi) is 5.02. The van der Waals surface area contributed by atoms with E-state index in [1.54, 1.807) is 21.6 Å². The van der Waals surface area contributed by atoms with Crippen molar-refractivity contribution < 1.29 is 18.3 Å². The third-order valence-corrected chi connectivity index (χ3v) is 6.73. The van der Waals surface area contributed by atoms with E-state index in [1.807, 2.05) is 34.9 Å². The van der Waals surface area contributed by atoms with Gasteiger partial charge in [0.05, 0.1) is 24.3 Å². The van der Waals surface area contributed by atoms with Crippen molar-refractivity contribution >= 4 is 27.8 Å². The number of amides is 1. The number of halogens is 2. The Hall–Kier alpha value is -3.46. The molecule has 2 aromatic carbocycles. The number of carbonyl (C=O) groups is 1. The van der Waals surface area contributed by atoms with E-state index in [4.69, 9.17) is 15.5 Å². The number of ether oxygens (including phenoxy) is 1. The van der Waals surface area contributed by atoms with Crippen LogP contribution in [0.15, 0.2) is 42.5 Å². The summed E-state index contributed by atoms with van der Waals surface area (Å²) in [6.45, 7) is 1.74. The summed E-state index contributed by atoms with van der Waals surface area (Å²) in [5, 5.41) is 0.877. The fourth-order valence-corrected chi connectivity index (χ4v) is 5.23. The van der Waals surface area contributed by atoms with E-state index in [-0.39, 0.29) is 11.9 Å². The molecule has 6 rings (SSSR count). The first kappa shape index (κ1) is 21.1. The molecule has 176 valence electrons. The van der Waals surface area contributed by atoms with Gasteiger partial charge in [-0.05, 0) is 37.1 Å². The lowest BCUT2D eigenvalue weighted by Gasteiger charge is -2.31. The number of hydrogen-bond donors (Lipinski definition) is 1. The molecule has 2 aliphatic rings. The van der Waals surface area contributed by atoms with Gasteiger partial charge < -0.3 is 24.5 Å². The standard InChI is InChI=1S/C25H25F2N5O2/c26-22(27)14-32-19-6-2-1-4-15(19)11-20(32)24-29-18-10-16(12-21-23(18)31(24)8-9-34-21)25(33)30-7-3-5-17(28)13-30/h1-2,4,6,10-12,17,22H,3,5,7-9,13-14,28H2/t17-/m1/s1. The minimum atomic E-state index is -2.50. The molecule has 0 saturated carbocycles. The van der Waals surface area contributed by atoms with E-state index in [0.717, 1.165) is 29.3 Å². The summed E-state index contributed by atoms with van der Waals surface area (Å²) in [5.74, 6) is 1.09.